The van der Waals surface area contributed by atoms with Gasteiger partial charge in [-0.3, -0.25) is 9.59 Å². The van der Waals surface area contributed by atoms with Crippen LogP contribution < -0.4 is 10.2 Å². The Morgan fingerprint density at radius 3 is 2.53 bits per heavy atom. The van der Waals surface area contributed by atoms with Gasteiger partial charge >= 0.3 is 5.97 Å². The summed E-state index contributed by atoms with van der Waals surface area (Å²) >= 11 is 0. The SMILES string of the molecule is O=C(O)CC(=O)Nc1ccccc1N1CCCCC1. The Balaban J connectivity index is 2.11. The number of anilines is 2. The van der Waals surface area contributed by atoms with E-state index in [1.807, 2.05) is 24.3 Å². The van der Waals surface area contributed by atoms with Crippen LogP contribution in [0.4, 0.5) is 11.4 Å². The van der Waals surface area contributed by atoms with E-state index in [1.165, 1.54) is 6.42 Å². The highest BCUT2D eigenvalue weighted by molar-refractivity contribution is 6.02. The first-order valence-electron chi connectivity index (χ1n) is 6.52. The van der Waals surface area contributed by atoms with Crippen molar-refractivity contribution in [2.24, 2.45) is 0 Å². The van der Waals surface area contributed by atoms with Crippen molar-refractivity contribution in [3.05, 3.63) is 24.3 Å². The van der Waals surface area contributed by atoms with Crippen LogP contribution in [0.3, 0.4) is 0 Å². The minimum absolute atomic E-state index is 0.489. The third-order valence-corrected chi connectivity index (χ3v) is 3.19. The number of nitrogens with zero attached hydrogens (tertiary/aromatic N) is 1. The Kier molecular flexibility index (Phi) is 4.39. The van der Waals surface area contributed by atoms with Gasteiger partial charge in [-0.05, 0) is 31.4 Å². The quantitative estimate of drug-likeness (QED) is 0.815. The number of carboxylic acid groups (broad SMARTS) is 1. The van der Waals surface area contributed by atoms with Crippen LogP contribution in [0.25, 0.3) is 0 Å². The molecule has 2 N–H and O–H groups in total. The average Bonchev–Trinajstić information content (AvgIpc) is 2.39. The van der Waals surface area contributed by atoms with E-state index in [1.54, 1.807) is 0 Å². The van der Waals surface area contributed by atoms with Crippen molar-refractivity contribution in [3.8, 4) is 0 Å². The van der Waals surface area contributed by atoms with Gasteiger partial charge in [-0.1, -0.05) is 12.1 Å². The monoisotopic (exact) mass is 262 g/mol. The number of hydrogen-bond donors (Lipinski definition) is 2. The highest BCUT2D eigenvalue weighted by atomic mass is 16.4. The summed E-state index contributed by atoms with van der Waals surface area (Å²) in [5.41, 5.74) is 1.66. The first-order chi connectivity index (χ1) is 9.16. The molecule has 0 bridgehead atoms. The normalized spacial score (nSPS) is 15.1. The summed E-state index contributed by atoms with van der Waals surface area (Å²) in [6.07, 6.45) is 3.03. The number of piperidine rings is 1. The number of nitrogens with one attached hydrogen (secondary N) is 1. The van der Waals surface area contributed by atoms with E-state index in [0.717, 1.165) is 31.6 Å². The molecule has 1 aliphatic heterocycles. The second kappa shape index (κ2) is 6.22. The number of carboxylic acids is 1. The van der Waals surface area contributed by atoms with Gasteiger partial charge in [-0.15, -0.1) is 0 Å². The molecule has 1 amide bonds. The number of para-hydroxylation sites is 2. The van der Waals surface area contributed by atoms with Gasteiger partial charge < -0.3 is 15.3 Å². The van der Waals surface area contributed by atoms with E-state index < -0.39 is 18.3 Å². The predicted octanol–water partition coefficient (Wildman–Crippen LogP) is 2.09. The van der Waals surface area contributed by atoms with Gasteiger partial charge in [0.25, 0.3) is 0 Å². The maximum atomic E-state index is 11.5. The number of hydrogen-bond acceptors (Lipinski definition) is 3. The van der Waals surface area contributed by atoms with Crippen LogP contribution >= 0.6 is 0 Å². The van der Waals surface area contributed by atoms with Crippen LogP contribution in [0.5, 0.6) is 0 Å². The first kappa shape index (κ1) is 13.4. The van der Waals surface area contributed by atoms with E-state index >= 15 is 0 Å². The van der Waals surface area contributed by atoms with Crippen molar-refractivity contribution in [2.75, 3.05) is 23.3 Å². The van der Waals surface area contributed by atoms with Crippen LogP contribution in [0, 0.1) is 0 Å². The summed E-state index contributed by atoms with van der Waals surface area (Å²) in [6, 6.07) is 7.53. The molecule has 0 aliphatic carbocycles. The summed E-state index contributed by atoms with van der Waals surface area (Å²) in [7, 11) is 0. The average molecular weight is 262 g/mol. The molecule has 0 atom stereocenters. The predicted molar refractivity (Wildman–Crippen MR) is 73.4 cm³/mol. The molecule has 2 rings (SSSR count). The van der Waals surface area contributed by atoms with E-state index in [4.69, 9.17) is 5.11 Å². The van der Waals surface area contributed by atoms with E-state index in [9.17, 15) is 9.59 Å². The fourth-order valence-corrected chi connectivity index (χ4v) is 2.32. The molecule has 5 heteroatoms. The molecule has 102 valence electrons. The Bertz CT molecular complexity index is 468. The minimum atomic E-state index is -1.12. The summed E-state index contributed by atoms with van der Waals surface area (Å²) in [6.45, 7) is 1.96. The highest BCUT2D eigenvalue weighted by Crippen LogP contribution is 2.28. The molecule has 1 heterocycles. The molecule has 5 nitrogen and oxygen atoms in total. The first-order valence-corrected chi connectivity index (χ1v) is 6.52. The van der Waals surface area contributed by atoms with Crippen LogP contribution in [-0.4, -0.2) is 30.1 Å². The smallest absolute Gasteiger partial charge is 0.312 e. The topological polar surface area (TPSA) is 69.6 Å². The molecular formula is C14H18N2O3. The molecule has 1 aromatic rings. The number of rotatable bonds is 4. The van der Waals surface area contributed by atoms with Crippen molar-refractivity contribution in [2.45, 2.75) is 25.7 Å². The molecule has 1 aromatic carbocycles. The van der Waals surface area contributed by atoms with Gasteiger partial charge in [-0.25, -0.2) is 0 Å². The minimum Gasteiger partial charge on any atom is -0.481 e. The van der Waals surface area contributed by atoms with Crippen molar-refractivity contribution in [3.63, 3.8) is 0 Å². The maximum absolute atomic E-state index is 11.5. The third kappa shape index (κ3) is 3.71. The fourth-order valence-electron chi connectivity index (χ4n) is 2.32. The lowest BCUT2D eigenvalue weighted by Crippen LogP contribution is -2.30. The van der Waals surface area contributed by atoms with Crippen LogP contribution in [0.2, 0.25) is 0 Å². The van der Waals surface area contributed by atoms with E-state index in [-0.39, 0.29) is 0 Å². The van der Waals surface area contributed by atoms with Gasteiger partial charge in [0.2, 0.25) is 5.91 Å². The lowest BCUT2D eigenvalue weighted by Gasteiger charge is -2.30. The molecule has 1 saturated heterocycles. The number of benzene rings is 1. The summed E-state index contributed by atoms with van der Waals surface area (Å²) in [5, 5.41) is 11.3. The molecule has 1 aliphatic rings. The summed E-state index contributed by atoms with van der Waals surface area (Å²) < 4.78 is 0. The lowest BCUT2D eigenvalue weighted by molar-refractivity contribution is -0.139. The zero-order valence-electron chi connectivity index (χ0n) is 10.8. The second-order valence-electron chi connectivity index (χ2n) is 4.68. The summed E-state index contributed by atoms with van der Waals surface area (Å²) in [4.78, 5) is 24.3. The lowest BCUT2D eigenvalue weighted by atomic mass is 10.1. The Labute approximate surface area is 112 Å². The number of carbonyl (C=O) groups is 2. The second-order valence-corrected chi connectivity index (χ2v) is 4.68. The molecule has 0 saturated carbocycles. The standard InChI is InChI=1S/C14H18N2O3/c17-13(10-14(18)19)15-11-6-2-3-7-12(11)16-8-4-1-5-9-16/h2-3,6-7H,1,4-5,8-10H2,(H,15,17)(H,18,19). The zero-order valence-corrected chi connectivity index (χ0v) is 10.8. The molecule has 0 unspecified atom stereocenters. The fraction of sp³-hybridized carbons (Fsp3) is 0.429. The Morgan fingerprint density at radius 2 is 1.84 bits per heavy atom. The summed E-state index contributed by atoms with van der Waals surface area (Å²) in [5.74, 6) is -1.61. The van der Waals surface area contributed by atoms with Gasteiger partial charge in [0, 0.05) is 13.1 Å². The van der Waals surface area contributed by atoms with Crippen LogP contribution in [-0.2, 0) is 9.59 Å². The van der Waals surface area contributed by atoms with E-state index in [0.29, 0.717) is 5.69 Å². The largest absolute Gasteiger partial charge is 0.481 e. The number of aliphatic carboxylic acids is 1. The van der Waals surface area contributed by atoms with Crippen molar-refractivity contribution in [1.82, 2.24) is 0 Å². The molecule has 0 aromatic heterocycles. The Hall–Kier alpha value is -2.04. The molecule has 0 spiro atoms. The van der Waals surface area contributed by atoms with Gasteiger partial charge in [0.1, 0.15) is 6.42 Å². The molecule has 19 heavy (non-hydrogen) atoms. The Morgan fingerprint density at radius 1 is 1.16 bits per heavy atom. The molecular weight excluding hydrogens is 244 g/mol. The number of amides is 1. The van der Waals surface area contributed by atoms with Crippen molar-refractivity contribution in [1.29, 1.82) is 0 Å². The maximum Gasteiger partial charge on any atom is 0.312 e. The van der Waals surface area contributed by atoms with Gasteiger partial charge in [0.15, 0.2) is 0 Å². The third-order valence-electron chi connectivity index (χ3n) is 3.19. The zero-order chi connectivity index (χ0) is 13.7. The van der Waals surface area contributed by atoms with E-state index in [2.05, 4.69) is 10.2 Å². The molecule has 0 radical (unpaired) electrons. The van der Waals surface area contributed by atoms with Crippen molar-refractivity contribution >= 4 is 23.3 Å². The van der Waals surface area contributed by atoms with Gasteiger partial charge in [-0.2, -0.15) is 0 Å². The van der Waals surface area contributed by atoms with Crippen LogP contribution in [0.15, 0.2) is 24.3 Å². The highest BCUT2D eigenvalue weighted by Gasteiger charge is 2.16. The van der Waals surface area contributed by atoms with Gasteiger partial charge in [0.05, 0.1) is 11.4 Å². The van der Waals surface area contributed by atoms with Crippen LogP contribution in [0.1, 0.15) is 25.7 Å². The number of carbonyl (C=O) groups excluding carboxylic acids is 1. The van der Waals surface area contributed by atoms with Crippen molar-refractivity contribution < 1.29 is 14.7 Å². The molecule has 1 fully saturated rings.